The summed E-state index contributed by atoms with van der Waals surface area (Å²) in [4.78, 5) is 0. The minimum atomic E-state index is 0.234. The van der Waals surface area contributed by atoms with Crippen molar-refractivity contribution in [2.24, 2.45) is 0 Å². The monoisotopic (exact) mass is 172 g/mol. The molecule has 0 N–H and O–H groups in total. The van der Waals surface area contributed by atoms with Crippen molar-refractivity contribution in [3.63, 3.8) is 0 Å². The highest BCUT2D eigenvalue weighted by Crippen LogP contribution is 2.13. The van der Waals surface area contributed by atoms with Crippen LogP contribution < -0.4 is 0 Å². The van der Waals surface area contributed by atoms with Crippen molar-refractivity contribution in [2.75, 3.05) is 5.88 Å². The Labute approximate surface area is 63.1 Å². The van der Waals surface area contributed by atoms with Crippen LogP contribution in [0.2, 0.25) is 0 Å². The summed E-state index contributed by atoms with van der Waals surface area (Å²) in [5, 5.41) is 0.234. The maximum Gasteiger partial charge on any atom is 0.0476 e. The molecule has 8 heavy (non-hydrogen) atoms. The normalized spacial score (nSPS) is 13.9. The summed E-state index contributed by atoms with van der Waals surface area (Å²) in [5.74, 6) is 0.758. The van der Waals surface area contributed by atoms with E-state index in [1.54, 1.807) is 0 Å². The number of halogens is 2. The lowest BCUT2D eigenvalue weighted by molar-refractivity contribution is 0.764. The fourth-order valence-corrected chi connectivity index (χ4v) is 1.01. The molecule has 0 fully saturated rings. The van der Waals surface area contributed by atoms with Gasteiger partial charge in [0.1, 0.15) is 0 Å². The number of hydrogen-bond acceptors (Lipinski definition) is 0. The molecule has 0 aliphatic rings. The minimum Gasteiger partial charge on any atom is -0.127 e. The van der Waals surface area contributed by atoms with E-state index in [4.69, 9.17) is 23.2 Å². The zero-order chi connectivity index (χ0) is 6.41. The summed E-state index contributed by atoms with van der Waals surface area (Å²) < 4.78 is 0. The van der Waals surface area contributed by atoms with Gasteiger partial charge in [-0.15, -0.1) is 32.4 Å². The highest BCUT2D eigenvalue weighted by atomic mass is 35.5. The van der Waals surface area contributed by atoms with Crippen molar-refractivity contribution in [3.8, 4) is 0 Å². The molecule has 0 rings (SSSR count). The first kappa shape index (κ1) is 9.01. The van der Waals surface area contributed by atoms with Crippen LogP contribution in [0.1, 0.15) is 19.3 Å². The molecular formula is C5H11Cl2P. The van der Waals surface area contributed by atoms with Crippen LogP contribution in [-0.2, 0) is 0 Å². The van der Waals surface area contributed by atoms with E-state index in [1.807, 2.05) is 0 Å². The van der Waals surface area contributed by atoms with E-state index in [9.17, 15) is 0 Å². The molecule has 0 aromatic heterocycles. The maximum absolute atomic E-state index is 5.63. The predicted octanol–water partition coefficient (Wildman–Crippen LogP) is 2.84. The van der Waals surface area contributed by atoms with Gasteiger partial charge in [-0.1, -0.05) is 6.42 Å². The van der Waals surface area contributed by atoms with E-state index in [0.717, 1.165) is 25.1 Å². The summed E-state index contributed by atoms with van der Waals surface area (Å²) in [5.41, 5.74) is 0. The van der Waals surface area contributed by atoms with E-state index in [0.29, 0.717) is 0 Å². The zero-order valence-corrected chi connectivity index (χ0v) is 7.41. The first-order valence-electron chi connectivity index (χ1n) is 2.73. The Kier molecular flexibility index (Phi) is 6.91. The second-order valence-corrected chi connectivity index (χ2v) is 3.87. The van der Waals surface area contributed by atoms with Gasteiger partial charge in [-0.3, -0.25) is 0 Å². The molecule has 0 aliphatic carbocycles. The van der Waals surface area contributed by atoms with Gasteiger partial charge in [0.25, 0.3) is 0 Å². The van der Waals surface area contributed by atoms with Gasteiger partial charge >= 0.3 is 0 Å². The molecule has 0 heterocycles. The van der Waals surface area contributed by atoms with Crippen molar-refractivity contribution in [3.05, 3.63) is 0 Å². The Morgan fingerprint density at radius 3 is 2.38 bits per heavy atom. The Bertz CT molecular complexity index is 47.7. The lowest BCUT2D eigenvalue weighted by atomic mass is 10.3. The van der Waals surface area contributed by atoms with E-state index in [2.05, 4.69) is 9.24 Å². The predicted molar refractivity (Wildman–Crippen MR) is 43.9 cm³/mol. The van der Waals surface area contributed by atoms with E-state index >= 15 is 0 Å². The zero-order valence-electron chi connectivity index (χ0n) is 4.74. The fourth-order valence-electron chi connectivity index (χ4n) is 0.434. The van der Waals surface area contributed by atoms with Crippen molar-refractivity contribution in [1.29, 1.82) is 0 Å². The SMILES string of the molecule is PC(Cl)CCCCCl. The van der Waals surface area contributed by atoms with Gasteiger partial charge in [-0.25, -0.2) is 0 Å². The van der Waals surface area contributed by atoms with Crippen LogP contribution in [0.3, 0.4) is 0 Å². The molecule has 0 nitrogen and oxygen atoms in total. The Hall–Kier alpha value is 1.01. The van der Waals surface area contributed by atoms with E-state index in [1.165, 1.54) is 0 Å². The largest absolute Gasteiger partial charge is 0.127 e. The topological polar surface area (TPSA) is 0 Å². The van der Waals surface area contributed by atoms with Crippen LogP contribution in [0.15, 0.2) is 0 Å². The van der Waals surface area contributed by atoms with Gasteiger partial charge in [0.05, 0.1) is 0 Å². The molecule has 2 atom stereocenters. The van der Waals surface area contributed by atoms with Gasteiger partial charge < -0.3 is 0 Å². The summed E-state index contributed by atoms with van der Waals surface area (Å²) >= 11 is 11.1. The van der Waals surface area contributed by atoms with Crippen molar-refractivity contribution in [1.82, 2.24) is 0 Å². The first-order valence-corrected chi connectivity index (χ1v) is 4.36. The lowest BCUT2D eigenvalue weighted by Gasteiger charge is -1.98. The van der Waals surface area contributed by atoms with Gasteiger partial charge in [0.15, 0.2) is 0 Å². The average Bonchev–Trinajstić information content (AvgIpc) is 1.66. The van der Waals surface area contributed by atoms with Crippen molar-refractivity contribution in [2.45, 2.75) is 24.4 Å². The molecule has 3 heteroatoms. The molecule has 0 saturated carbocycles. The van der Waals surface area contributed by atoms with Crippen molar-refractivity contribution >= 4 is 32.4 Å². The summed E-state index contributed by atoms with van der Waals surface area (Å²) in [6.07, 6.45) is 3.28. The number of hydrogen-bond donors (Lipinski definition) is 0. The molecule has 0 bridgehead atoms. The molecular weight excluding hydrogens is 162 g/mol. The van der Waals surface area contributed by atoms with Crippen LogP contribution in [0.25, 0.3) is 0 Å². The third-order valence-electron chi connectivity index (χ3n) is 0.864. The highest BCUT2D eigenvalue weighted by molar-refractivity contribution is 7.21. The molecule has 0 radical (unpaired) electrons. The maximum atomic E-state index is 5.63. The van der Waals surface area contributed by atoms with Gasteiger partial charge in [0, 0.05) is 11.0 Å². The first-order chi connectivity index (χ1) is 3.77. The van der Waals surface area contributed by atoms with Crippen LogP contribution in [0, 0.1) is 0 Å². The van der Waals surface area contributed by atoms with Crippen LogP contribution in [0.4, 0.5) is 0 Å². The molecule has 0 spiro atoms. The molecule has 0 aromatic carbocycles. The van der Waals surface area contributed by atoms with Gasteiger partial charge in [-0.2, -0.15) is 0 Å². The second-order valence-electron chi connectivity index (χ2n) is 1.70. The minimum absolute atomic E-state index is 0.234. The van der Waals surface area contributed by atoms with Gasteiger partial charge in [0.2, 0.25) is 0 Å². The Morgan fingerprint density at radius 2 is 2.00 bits per heavy atom. The third-order valence-corrected chi connectivity index (χ3v) is 1.68. The smallest absolute Gasteiger partial charge is 0.0476 e. The molecule has 0 saturated heterocycles. The number of alkyl halides is 2. The molecule has 0 aliphatic heterocycles. The summed E-state index contributed by atoms with van der Waals surface area (Å²) in [6.45, 7) is 0. The van der Waals surface area contributed by atoms with Crippen LogP contribution in [-0.4, -0.2) is 11.0 Å². The van der Waals surface area contributed by atoms with Gasteiger partial charge in [-0.05, 0) is 12.8 Å². The average molecular weight is 173 g/mol. The fraction of sp³-hybridized carbons (Fsp3) is 1.00. The summed E-state index contributed by atoms with van der Waals surface area (Å²) in [7, 11) is 2.55. The Morgan fingerprint density at radius 1 is 1.38 bits per heavy atom. The standard InChI is InChI=1S/C5H11Cl2P/c6-4-2-1-3-5(7)8/h5H,1-4,8H2. The Balaban J connectivity index is 2.72. The van der Waals surface area contributed by atoms with E-state index < -0.39 is 0 Å². The van der Waals surface area contributed by atoms with E-state index in [-0.39, 0.29) is 5.12 Å². The van der Waals surface area contributed by atoms with Crippen LogP contribution in [0.5, 0.6) is 0 Å². The lowest BCUT2D eigenvalue weighted by Crippen LogP contribution is -1.85. The molecule has 50 valence electrons. The van der Waals surface area contributed by atoms with Crippen LogP contribution >= 0.6 is 32.4 Å². The number of unbranched alkanes of at least 4 members (excludes halogenated alkanes) is 1. The molecule has 0 amide bonds. The second kappa shape index (κ2) is 6.13. The molecule has 0 aromatic rings. The highest BCUT2D eigenvalue weighted by Gasteiger charge is 1.93. The summed E-state index contributed by atoms with van der Waals surface area (Å²) in [6, 6.07) is 0. The van der Waals surface area contributed by atoms with Crippen molar-refractivity contribution < 1.29 is 0 Å². The number of rotatable bonds is 4. The quantitative estimate of drug-likeness (QED) is 0.348. The molecule has 2 unspecified atom stereocenters. The third kappa shape index (κ3) is 7.01.